The number of hydrogen-bond donors (Lipinski definition) is 3. The minimum atomic E-state index is -0.386. The molecule has 0 spiro atoms. The van der Waals surface area contributed by atoms with E-state index in [-0.39, 0.29) is 23.5 Å². The number of amides is 2. The maximum atomic E-state index is 13.1. The number of carbonyl (C=O) groups is 2. The van der Waals surface area contributed by atoms with Crippen LogP contribution in [-0.2, 0) is 12.8 Å². The van der Waals surface area contributed by atoms with Crippen molar-refractivity contribution in [1.82, 2.24) is 19.9 Å². The standard InChI is InChI=1S/C26H22N6O2S/c1-14-9-10-18-21(11-14)35-26(29-18)32-23(33)17-7-4-8-19-22(17)30-25(28-19)31-24(34)20-12-15-5-2-3-6-16(15)13-27-20/h2-8,12-14H,9-11H2,1H3,(H,29,32,33)(H2,28,30,31,34). The molecule has 0 saturated heterocycles. The van der Waals surface area contributed by atoms with Crippen LogP contribution in [0.3, 0.4) is 0 Å². The zero-order valence-electron chi connectivity index (χ0n) is 19.0. The molecule has 2 amide bonds. The Morgan fingerprint density at radius 1 is 1.03 bits per heavy atom. The summed E-state index contributed by atoms with van der Waals surface area (Å²) in [6.07, 6.45) is 4.75. The van der Waals surface area contributed by atoms with Crippen LogP contribution in [0.25, 0.3) is 21.8 Å². The van der Waals surface area contributed by atoms with E-state index < -0.39 is 0 Å². The molecule has 9 heteroatoms. The molecule has 3 aromatic heterocycles. The number of fused-ring (bicyclic) bond motifs is 3. The van der Waals surface area contributed by atoms with Crippen molar-refractivity contribution in [2.24, 2.45) is 5.92 Å². The van der Waals surface area contributed by atoms with E-state index >= 15 is 0 Å². The molecule has 0 fully saturated rings. The van der Waals surface area contributed by atoms with Crippen molar-refractivity contribution in [1.29, 1.82) is 0 Å². The summed E-state index contributed by atoms with van der Waals surface area (Å²) in [4.78, 5) is 43.6. The molecular weight excluding hydrogens is 460 g/mol. The van der Waals surface area contributed by atoms with Gasteiger partial charge in [0, 0.05) is 16.5 Å². The van der Waals surface area contributed by atoms with Gasteiger partial charge in [0.15, 0.2) is 5.13 Å². The predicted molar refractivity (Wildman–Crippen MR) is 137 cm³/mol. The number of aromatic nitrogens is 4. The minimum absolute atomic E-state index is 0.249. The molecule has 0 bridgehead atoms. The van der Waals surface area contributed by atoms with E-state index in [9.17, 15) is 9.59 Å². The Labute approximate surface area is 204 Å². The highest BCUT2D eigenvalue weighted by atomic mass is 32.1. The molecule has 1 aliphatic rings. The monoisotopic (exact) mass is 482 g/mol. The van der Waals surface area contributed by atoms with Gasteiger partial charge in [0.1, 0.15) is 11.2 Å². The first kappa shape index (κ1) is 21.4. The fourth-order valence-electron chi connectivity index (χ4n) is 4.41. The van der Waals surface area contributed by atoms with Gasteiger partial charge < -0.3 is 4.98 Å². The average Bonchev–Trinajstić information content (AvgIpc) is 3.45. The predicted octanol–water partition coefficient (Wildman–Crippen LogP) is 5.20. The van der Waals surface area contributed by atoms with Crippen molar-refractivity contribution in [3.8, 4) is 0 Å². The van der Waals surface area contributed by atoms with Gasteiger partial charge in [-0.3, -0.25) is 25.2 Å². The van der Waals surface area contributed by atoms with Crippen molar-refractivity contribution >= 4 is 56.0 Å². The number of benzene rings is 2. The van der Waals surface area contributed by atoms with E-state index in [2.05, 4.69) is 37.5 Å². The zero-order chi connectivity index (χ0) is 23.9. The molecule has 0 radical (unpaired) electrons. The third kappa shape index (κ3) is 4.15. The normalized spacial score (nSPS) is 15.2. The molecule has 5 aromatic rings. The molecule has 0 aliphatic heterocycles. The fraction of sp³-hybridized carbons (Fsp3) is 0.192. The van der Waals surface area contributed by atoms with Crippen LogP contribution in [0.1, 0.15) is 44.8 Å². The Bertz CT molecular complexity index is 1600. The summed E-state index contributed by atoms with van der Waals surface area (Å²) in [6.45, 7) is 2.24. The quantitative estimate of drug-likeness (QED) is 0.326. The number of nitrogens with zero attached hydrogens (tertiary/aromatic N) is 3. The van der Waals surface area contributed by atoms with Crippen molar-refractivity contribution in [3.05, 3.63) is 76.6 Å². The Morgan fingerprint density at radius 3 is 2.77 bits per heavy atom. The maximum Gasteiger partial charge on any atom is 0.276 e. The summed E-state index contributed by atoms with van der Waals surface area (Å²) in [5.74, 6) is 0.223. The van der Waals surface area contributed by atoms with Crippen LogP contribution < -0.4 is 10.6 Å². The molecule has 3 N–H and O–H groups in total. The number of aryl methyl sites for hydroxylation is 1. The van der Waals surface area contributed by atoms with Crippen molar-refractivity contribution < 1.29 is 9.59 Å². The zero-order valence-corrected chi connectivity index (χ0v) is 19.8. The first-order valence-electron chi connectivity index (χ1n) is 11.5. The Morgan fingerprint density at radius 2 is 1.89 bits per heavy atom. The molecule has 8 nitrogen and oxygen atoms in total. The summed E-state index contributed by atoms with van der Waals surface area (Å²) < 4.78 is 0. The lowest BCUT2D eigenvalue weighted by Crippen LogP contribution is -2.14. The maximum absolute atomic E-state index is 13.1. The third-order valence-corrected chi connectivity index (χ3v) is 7.29. The Kier molecular flexibility index (Phi) is 5.26. The molecule has 35 heavy (non-hydrogen) atoms. The molecular formula is C26H22N6O2S. The molecule has 1 atom stereocenters. The number of hydrogen-bond acceptors (Lipinski definition) is 6. The molecule has 1 unspecified atom stereocenters. The average molecular weight is 483 g/mol. The number of aromatic amines is 1. The van der Waals surface area contributed by atoms with Crippen LogP contribution in [0.4, 0.5) is 11.1 Å². The summed E-state index contributed by atoms with van der Waals surface area (Å²) >= 11 is 1.54. The van der Waals surface area contributed by atoms with Crippen molar-refractivity contribution in [3.63, 3.8) is 0 Å². The summed E-state index contributed by atoms with van der Waals surface area (Å²) in [5.41, 5.74) is 2.90. The number of nitrogens with one attached hydrogen (secondary N) is 3. The first-order valence-corrected chi connectivity index (χ1v) is 12.3. The van der Waals surface area contributed by atoms with E-state index in [0.717, 1.165) is 35.7 Å². The number of pyridine rings is 1. The van der Waals surface area contributed by atoms with Gasteiger partial charge in [-0.2, -0.15) is 0 Å². The smallest absolute Gasteiger partial charge is 0.276 e. The van der Waals surface area contributed by atoms with Crippen molar-refractivity contribution in [2.45, 2.75) is 26.2 Å². The summed E-state index contributed by atoms with van der Waals surface area (Å²) in [7, 11) is 0. The Hall–Kier alpha value is -4.11. The summed E-state index contributed by atoms with van der Waals surface area (Å²) in [5, 5.41) is 8.18. The van der Waals surface area contributed by atoms with Crippen LogP contribution in [0.5, 0.6) is 0 Å². The van der Waals surface area contributed by atoms with Gasteiger partial charge in [0.25, 0.3) is 11.8 Å². The molecule has 174 valence electrons. The third-order valence-electron chi connectivity index (χ3n) is 6.26. The first-order chi connectivity index (χ1) is 17.0. The molecule has 6 rings (SSSR count). The number of imidazole rings is 1. The van der Waals surface area contributed by atoms with E-state index in [4.69, 9.17) is 0 Å². The second kappa shape index (κ2) is 8.59. The van der Waals surface area contributed by atoms with Crippen LogP contribution in [0.2, 0.25) is 0 Å². The van der Waals surface area contributed by atoms with Gasteiger partial charge in [-0.25, -0.2) is 9.97 Å². The van der Waals surface area contributed by atoms with Crippen LogP contribution in [0, 0.1) is 5.92 Å². The highest BCUT2D eigenvalue weighted by Gasteiger charge is 2.22. The number of H-pyrrole nitrogens is 1. The fourth-order valence-corrected chi connectivity index (χ4v) is 5.58. The van der Waals surface area contributed by atoms with Gasteiger partial charge >= 0.3 is 0 Å². The van der Waals surface area contributed by atoms with Crippen LogP contribution in [0.15, 0.2) is 54.7 Å². The number of rotatable bonds is 4. The van der Waals surface area contributed by atoms with Gasteiger partial charge in [0.2, 0.25) is 5.95 Å². The number of para-hydroxylation sites is 1. The second-order valence-electron chi connectivity index (χ2n) is 8.85. The van der Waals surface area contributed by atoms with Crippen molar-refractivity contribution in [2.75, 3.05) is 10.6 Å². The van der Waals surface area contributed by atoms with E-state index in [1.54, 1.807) is 35.7 Å². The van der Waals surface area contributed by atoms with Gasteiger partial charge in [0.05, 0.1) is 16.8 Å². The SMILES string of the molecule is CC1CCc2nc(NC(=O)c3cccc4[nH]c(NC(=O)c5cc6ccccc6cn5)nc34)sc2C1. The number of thiazole rings is 1. The number of carbonyl (C=O) groups excluding carboxylic acids is 2. The van der Waals surface area contributed by atoms with Crippen LogP contribution in [-0.4, -0.2) is 31.8 Å². The molecule has 2 aromatic carbocycles. The van der Waals surface area contributed by atoms with E-state index in [1.807, 2.05) is 30.3 Å². The van der Waals surface area contributed by atoms with E-state index in [1.165, 1.54) is 4.88 Å². The van der Waals surface area contributed by atoms with Crippen LogP contribution >= 0.6 is 11.3 Å². The lowest BCUT2D eigenvalue weighted by Gasteiger charge is -2.15. The molecule has 0 saturated carbocycles. The minimum Gasteiger partial charge on any atom is -0.324 e. The van der Waals surface area contributed by atoms with Gasteiger partial charge in [-0.05, 0) is 48.8 Å². The highest BCUT2D eigenvalue weighted by molar-refractivity contribution is 7.15. The largest absolute Gasteiger partial charge is 0.324 e. The molecule has 3 heterocycles. The van der Waals surface area contributed by atoms with Gasteiger partial charge in [-0.15, -0.1) is 11.3 Å². The Balaban J connectivity index is 1.23. The number of anilines is 2. The van der Waals surface area contributed by atoms with Gasteiger partial charge in [-0.1, -0.05) is 37.3 Å². The molecule has 1 aliphatic carbocycles. The lowest BCUT2D eigenvalue weighted by molar-refractivity contribution is 0.101. The van der Waals surface area contributed by atoms with E-state index in [0.29, 0.717) is 27.6 Å². The second-order valence-corrected chi connectivity index (χ2v) is 9.93. The highest BCUT2D eigenvalue weighted by Crippen LogP contribution is 2.32. The lowest BCUT2D eigenvalue weighted by atomic mass is 9.93. The topological polar surface area (TPSA) is 113 Å². The summed E-state index contributed by atoms with van der Waals surface area (Å²) in [6, 6.07) is 14.8.